The molecule has 0 bridgehead atoms. The first-order valence-corrected chi connectivity index (χ1v) is 11.4. The third kappa shape index (κ3) is 4.92. The Balaban J connectivity index is 1.18. The quantitative estimate of drug-likeness (QED) is 0.637. The summed E-state index contributed by atoms with van der Waals surface area (Å²) in [6, 6.07) is 8.73. The number of hydrogen-bond donors (Lipinski definition) is 3. The third-order valence-corrected chi connectivity index (χ3v) is 6.99. The van der Waals surface area contributed by atoms with E-state index >= 15 is 0 Å². The van der Waals surface area contributed by atoms with E-state index in [2.05, 4.69) is 26.5 Å². The molecule has 1 saturated heterocycles. The molecular weight excluding hydrogens is 392 g/mol. The second-order valence-electron chi connectivity index (χ2n) is 7.72. The number of rotatable bonds is 7. The molecule has 1 aliphatic carbocycles. The van der Waals surface area contributed by atoms with Crippen molar-refractivity contribution in [3.05, 3.63) is 39.7 Å². The predicted octanol–water partition coefficient (Wildman–Crippen LogP) is 3.94. The van der Waals surface area contributed by atoms with E-state index in [0.717, 1.165) is 34.1 Å². The van der Waals surface area contributed by atoms with Crippen LogP contribution in [0.2, 0.25) is 5.02 Å². The maximum absolute atomic E-state index is 12.2. The Morgan fingerprint density at radius 2 is 2.04 bits per heavy atom. The van der Waals surface area contributed by atoms with Crippen LogP contribution in [0.4, 0.5) is 0 Å². The minimum absolute atomic E-state index is 0.135. The summed E-state index contributed by atoms with van der Waals surface area (Å²) < 4.78 is 0. The van der Waals surface area contributed by atoms with Crippen LogP contribution in [-0.2, 0) is 11.2 Å². The SMILES string of the molecule is O=C(CCC1NNC2CCCCC21)NCCc1nc(-c2ccc(Cl)cc2)cs1. The molecule has 2 aliphatic rings. The maximum atomic E-state index is 12.2. The van der Waals surface area contributed by atoms with Gasteiger partial charge in [0.2, 0.25) is 5.91 Å². The highest BCUT2D eigenvalue weighted by atomic mass is 35.5. The molecule has 7 heteroatoms. The summed E-state index contributed by atoms with van der Waals surface area (Å²) >= 11 is 7.57. The molecule has 4 rings (SSSR count). The molecule has 3 atom stereocenters. The topological polar surface area (TPSA) is 66.1 Å². The maximum Gasteiger partial charge on any atom is 0.220 e. The van der Waals surface area contributed by atoms with Crippen LogP contribution in [0.1, 0.15) is 43.5 Å². The zero-order valence-electron chi connectivity index (χ0n) is 15.9. The van der Waals surface area contributed by atoms with Crippen LogP contribution in [0.3, 0.4) is 0 Å². The summed E-state index contributed by atoms with van der Waals surface area (Å²) in [5.74, 6) is 0.818. The van der Waals surface area contributed by atoms with Gasteiger partial charge in [-0.05, 0) is 37.3 Å². The van der Waals surface area contributed by atoms with Crippen molar-refractivity contribution in [1.29, 1.82) is 0 Å². The number of carbonyl (C=O) groups is 1. The zero-order chi connectivity index (χ0) is 19.3. The Morgan fingerprint density at radius 3 is 2.89 bits per heavy atom. The van der Waals surface area contributed by atoms with Crippen molar-refractivity contribution in [2.45, 2.75) is 57.0 Å². The molecule has 2 fully saturated rings. The lowest BCUT2D eigenvalue weighted by atomic mass is 9.80. The van der Waals surface area contributed by atoms with E-state index in [9.17, 15) is 4.79 Å². The molecule has 2 aromatic rings. The summed E-state index contributed by atoms with van der Waals surface area (Å²) in [6.45, 7) is 0.634. The van der Waals surface area contributed by atoms with E-state index in [1.807, 2.05) is 24.3 Å². The van der Waals surface area contributed by atoms with Crippen molar-refractivity contribution in [3.8, 4) is 11.3 Å². The van der Waals surface area contributed by atoms with Gasteiger partial charge in [0.25, 0.3) is 0 Å². The standard InChI is InChI=1S/C21H27ClN4OS/c22-15-7-5-14(6-8-15)19-13-28-21(24-19)11-12-23-20(27)10-9-18-16-3-1-2-4-17(16)25-26-18/h5-8,13,16-18,25-26H,1-4,9-12H2,(H,23,27). The molecule has 1 aliphatic heterocycles. The number of halogens is 1. The lowest BCUT2D eigenvalue weighted by Crippen LogP contribution is -2.34. The predicted molar refractivity (Wildman–Crippen MR) is 114 cm³/mol. The zero-order valence-corrected chi connectivity index (χ0v) is 17.5. The van der Waals surface area contributed by atoms with Gasteiger partial charge in [0.05, 0.1) is 10.7 Å². The van der Waals surface area contributed by atoms with Gasteiger partial charge in [-0.2, -0.15) is 0 Å². The fourth-order valence-corrected chi connectivity index (χ4v) is 5.22. The first kappa shape index (κ1) is 19.8. The second kappa shape index (κ2) is 9.35. The molecule has 2 heterocycles. The fraction of sp³-hybridized carbons (Fsp3) is 0.524. The molecule has 1 aromatic heterocycles. The van der Waals surface area contributed by atoms with Gasteiger partial charge in [-0.3, -0.25) is 15.6 Å². The Kier molecular flexibility index (Phi) is 6.62. The fourth-order valence-electron chi connectivity index (χ4n) is 4.29. The Hall–Kier alpha value is -1.47. The molecule has 3 unspecified atom stereocenters. The molecule has 0 radical (unpaired) electrons. The van der Waals surface area contributed by atoms with Crippen LogP contribution in [0.15, 0.2) is 29.6 Å². The smallest absolute Gasteiger partial charge is 0.220 e. The van der Waals surface area contributed by atoms with Crippen molar-refractivity contribution in [2.75, 3.05) is 6.54 Å². The highest BCUT2D eigenvalue weighted by molar-refractivity contribution is 7.09. The average Bonchev–Trinajstić information content (AvgIpc) is 3.34. The van der Waals surface area contributed by atoms with Crippen molar-refractivity contribution in [1.82, 2.24) is 21.2 Å². The molecular formula is C21H27ClN4OS. The van der Waals surface area contributed by atoms with Crippen molar-refractivity contribution in [2.24, 2.45) is 5.92 Å². The number of benzene rings is 1. The molecule has 28 heavy (non-hydrogen) atoms. The highest BCUT2D eigenvalue weighted by Crippen LogP contribution is 2.31. The summed E-state index contributed by atoms with van der Waals surface area (Å²) in [6.07, 6.45) is 7.41. The molecule has 150 valence electrons. The second-order valence-corrected chi connectivity index (χ2v) is 9.10. The Morgan fingerprint density at radius 1 is 1.21 bits per heavy atom. The largest absolute Gasteiger partial charge is 0.356 e. The normalized spacial score (nSPS) is 24.1. The van der Waals surface area contributed by atoms with Gasteiger partial charge in [0.1, 0.15) is 0 Å². The van der Waals surface area contributed by atoms with Gasteiger partial charge >= 0.3 is 0 Å². The molecule has 1 amide bonds. The first-order chi connectivity index (χ1) is 13.7. The highest BCUT2D eigenvalue weighted by Gasteiger charge is 2.36. The number of hydrogen-bond acceptors (Lipinski definition) is 5. The summed E-state index contributed by atoms with van der Waals surface area (Å²) in [4.78, 5) is 16.9. The van der Waals surface area contributed by atoms with Gasteiger partial charge in [0, 0.05) is 47.4 Å². The van der Waals surface area contributed by atoms with Crippen LogP contribution < -0.4 is 16.2 Å². The summed E-state index contributed by atoms with van der Waals surface area (Å²) in [5.41, 5.74) is 8.86. The lowest BCUT2D eigenvalue weighted by Gasteiger charge is -2.27. The van der Waals surface area contributed by atoms with E-state index in [0.29, 0.717) is 31.0 Å². The van der Waals surface area contributed by atoms with E-state index in [1.54, 1.807) is 11.3 Å². The minimum Gasteiger partial charge on any atom is -0.356 e. The number of amides is 1. The number of hydrazine groups is 1. The molecule has 3 N–H and O–H groups in total. The molecule has 0 spiro atoms. The van der Waals surface area contributed by atoms with Crippen molar-refractivity contribution >= 4 is 28.8 Å². The van der Waals surface area contributed by atoms with E-state index in [1.165, 1.54) is 25.7 Å². The van der Waals surface area contributed by atoms with Crippen molar-refractivity contribution < 1.29 is 4.79 Å². The van der Waals surface area contributed by atoms with E-state index in [-0.39, 0.29) is 5.91 Å². The van der Waals surface area contributed by atoms with Gasteiger partial charge in [-0.15, -0.1) is 11.3 Å². The van der Waals surface area contributed by atoms with Crippen LogP contribution in [0.5, 0.6) is 0 Å². The van der Waals surface area contributed by atoms with Gasteiger partial charge < -0.3 is 5.32 Å². The summed E-state index contributed by atoms with van der Waals surface area (Å²) in [5, 5.41) is 6.87. The number of thiazole rings is 1. The van der Waals surface area contributed by atoms with E-state index < -0.39 is 0 Å². The molecule has 1 saturated carbocycles. The van der Waals surface area contributed by atoms with Gasteiger partial charge in [0.15, 0.2) is 0 Å². The van der Waals surface area contributed by atoms with Gasteiger partial charge in [-0.1, -0.05) is 36.6 Å². The Labute approximate surface area is 175 Å². The van der Waals surface area contributed by atoms with E-state index in [4.69, 9.17) is 11.6 Å². The van der Waals surface area contributed by atoms with Gasteiger partial charge in [-0.25, -0.2) is 4.98 Å². The van der Waals surface area contributed by atoms with Crippen LogP contribution >= 0.6 is 22.9 Å². The number of aromatic nitrogens is 1. The van der Waals surface area contributed by atoms with Crippen LogP contribution in [0, 0.1) is 5.92 Å². The van der Waals surface area contributed by atoms with Crippen LogP contribution in [-0.4, -0.2) is 29.5 Å². The number of carbonyl (C=O) groups excluding carboxylic acids is 1. The first-order valence-electron chi connectivity index (χ1n) is 10.2. The third-order valence-electron chi connectivity index (χ3n) is 5.83. The summed E-state index contributed by atoms with van der Waals surface area (Å²) in [7, 11) is 0. The van der Waals surface area contributed by atoms with Crippen LogP contribution in [0.25, 0.3) is 11.3 Å². The average molecular weight is 419 g/mol. The molecule has 1 aromatic carbocycles. The monoisotopic (exact) mass is 418 g/mol. The minimum atomic E-state index is 0.135. The Bertz CT molecular complexity index is 794. The lowest BCUT2D eigenvalue weighted by molar-refractivity contribution is -0.121. The number of fused-ring (bicyclic) bond motifs is 1. The van der Waals surface area contributed by atoms with Crippen molar-refractivity contribution in [3.63, 3.8) is 0 Å². The molecule has 5 nitrogen and oxygen atoms in total. The number of nitrogens with one attached hydrogen (secondary N) is 3. The number of nitrogens with zero attached hydrogens (tertiary/aromatic N) is 1.